The molecule has 2 heteroatoms. The minimum Gasteiger partial charge on any atom is -0.303 e. The molecule has 0 aromatic carbocycles. The van der Waals surface area contributed by atoms with Gasteiger partial charge in [-0.2, -0.15) is 0 Å². The van der Waals surface area contributed by atoms with Crippen molar-refractivity contribution in [2.24, 2.45) is 5.92 Å². The minimum atomic E-state index is -0.398. The lowest BCUT2D eigenvalue weighted by molar-refractivity contribution is -0.126. The SMILES string of the molecule is CCCCCCCCCC(=O)C(C)C=O. The number of unbranched alkanes of at least 4 members (excludes halogenated alkanes) is 6. The van der Waals surface area contributed by atoms with Crippen LogP contribution in [0.2, 0.25) is 0 Å². The van der Waals surface area contributed by atoms with Gasteiger partial charge in [-0.25, -0.2) is 0 Å². The van der Waals surface area contributed by atoms with E-state index in [4.69, 9.17) is 0 Å². The molecule has 0 aliphatic heterocycles. The van der Waals surface area contributed by atoms with Crippen molar-refractivity contribution < 1.29 is 9.59 Å². The Kier molecular flexibility index (Phi) is 9.44. The van der Waals surface area contributed by atoms with Gasteiger partial charge in [0.05, 0.1) is 5.92 Å². The summed E-state index contributed by atoms with van der Waals surface area (Å²) >= 11 is 0. The smallest absolute Gasteiger partial charge is 0.142 e. The average Bonchev–Trinajstić information content (AvgIpc) is 2.26. The molecule has 0 bridgehead atoms. The number of aldehydes is 1. The summed E-state index contributed by atoms with van der Waals surface area (Å²) in [6, 6.07) is 0. The Morgan fingerprint density at radius 1 is 1.07 bits per heavy atom. The van der Waals surface area contributed by atoms with Crippen LogP contribution in [0.5, 0.6) is 0 Å². The van der Waals surface area contributed by atoms with Gasteiger partial charge in [-0.3, -0.25) is 4.79 Å². The summed E-state index contributed by atoms with van der Waals surface area (Å²) in [6.45, 7) is 3.88. The number of hydrogen-bond donors (Lipinski definition) is 0. The first-order valence-electron chi connectivity index (χ1n) is 6.20. The first-order valence-corrected chi connectivity index (χ1v) is 6.20. The standard InChI is InChI=1S/C13H24O2/c1-3-4-5-6-7-8-9-10-13(15)12(2)11-14/h11-12H,3-10H2,1-2H3. The highest BCUT2D eigenvalue weighted by Crippen LogP contribution is 2.10. The quantitative estimate of drug-likeness (QED) is 0.315. The number of carbonyl (C=O) groups is 2. The third-order valence-corrected chi connectivity index (χ3v) is 2.74. The van der Waals surface area contributed by atoms with Crippen molar-refractivity contribution >= 4 is 12.1 Å². The molecule has 0 aromatic rings. The fourth-order valence-electron chi connectivity index (χ4n) is 1.56. The largest absolute Gasteiger partial charge is 0.303 e. The molecular weight excluding hydrogens is 188 g/mol. The van der Waals surface area contributed by atoms with E-state index in [0.717, 1.165) is 19.1 Å². The zero-order valence-electron chi connectivity index (χ0n) is 10.1. The Balaban J connectivity index is 3.23. The van der Waals surface area contributed by atoms with Gasteiger partial charge in [-0.15, -0.1) is 0 Å². The molecule has 0 radical (unpaired) electrons. The van der Waals surface area contributed by atoms with E-state index in [1.807, 2.05) is 0 Å². The summed E-state index contributed by atoms with van der Waals surface area (Å²) < 4.78 is 0. The minimum absolute atomic E-state index is 0.0959. The van der Waals surface area contributed by atoms with Crippen LogP contribution in [0.25, 0.3) is 0 Å². The lowest BCUT2D eigenvalue weighted by atomic mass is 10.0. The molecule has 0 aromatic heterocycles. The fraction of sp³-hybridized carbons (Fsp3) is 0.846. The molecule has 0 saturated carbocycles. The normalized spacial score (nSPS) is 12.4. The van der Waals surface area contributed by atoms with Gasteiger partial charge in [0, 0.05) is 6.42 Å². The van der Waals surface area contributed by atoms with Gasteiger partial charge in [-0.05, 0) is 13.3 Å². The maximum absolute atomic E-state index is 11.3. The van der Waals surface area contributed by atoms with Crippen molar-refractivity contribution in [3.63, 3.8) is 0 Å². The molecule has 0 N–H and O–H groups in total. The summed E-state index contributed by atoms with van der Waals surface area (Å²) in [5.74, 6) is -0.302. The number of rotatable bonds is 10. The zero-order chi connectivity index (χ0) is 11.5. The van der Waals surface area contributed by atoms with Crippen molar-refractivity contribution in [1.29, 1.82) is 0 Å². The predicted molar refractivity (Wildman–Crippen MR) is 62.8 cm³/mol. The van der Waals surface area contributed by atoms with E-state index < -0.39 is 5.92 Å². The second kappa shape index (κ2) is 9.88. The number of ketones is 1. The highest BCUT2D eigenvalue weighted by Gasteiger charge is 2.10. The van der Waals surface area contributed by atoms with Gasteiger partial charge in [0.15, 0.2) is 0 Å². The molecule has 0 aliphatic rings. The zero-order valence-corrected chi connectivity index (χ0v) is 10.1. The van der Waals surface area contributed by atoms with Crippen LogP contribution in [0.3, 0.4) is 0 Å². The summed E-state index contributed by atoms with van der Waals surface area (Å²) in [5, 5.41) is 0. The fourth-order valence-corrected chi connectivity index (χ4v) is 1.56. The molecule has 0 heterocycles. The van der Waals surface area contributed by atoms with E-state index in [0.29, 0.717) is 6.42 Å². The van der Waals surface area contributed by atoms with Crippen molar-refractivity contribution in [1.82, 2.24) is 0 Å². The average molecular weight is 212 g/mol. The molecule has 0 spiro atoms. The predicted octanol–water partition coefficient (Wildman–Crippen LogP) is 3.53. The molecule has 0 amide bonds. The molecule has 15 heavy (non-hydrogen) atoms. The van der Waals surface area contributed by atoms with Crippen molar-refractivity contribution in [3.05, 3.63) is 0 Å². The highest BCUT2D eigenvalue weighted by atomic mass is 16.1. The molecule has 2 nitrogen and oxygen atoms in total. The summed E-state index contributed by atoms with van der Waals surface area (Å²) in [6.07, 6.45) is 9.81. The van der Waals surface area contributed by atoms with E-state index >= 15 is 0 Å². The van der Waals surface area contributed by atoms with E-state index in [2.05, 4.69) is 6.92 Å². The Bertz CT molecular complexity index is 175. The van der Waals surface area contributed by atoms with Crippen LogP contribution in [-0.4, -0.2) is 12.1 Å². The van der Waals surface area contributed by atoms with E-state index in [-0.39, 0.29) is 5.78 Å². The lowest BCUT2D eigenvalue weighted by Crippen LogP contribution is -2.11. The van der Waals surface area contributed by atoms with Crippen LogP contribution in [0.1, 0.15) is 65.2 Å². The summed E-state index contributed by atoms with van der Waals surface area (Å²) in [4.78, 5) is 21.6. The molecule has 0 fully saturated rings. The number of carbonyl (C=O) groups excluding carboxylic acids is 2. The maximum Gasteiger partial charge on any atom is 0.142 e. The van der Waals surface area contributed by atoms with Crippen LogP contribution in [0.15, 0.2) is 0 Å². The van der Waals surface area contributed by atoms with Crippen LogP contribution in [0.4, 0.5) is 0 Å². The van der Waals surface area contributed by atoms with Crippen LogP contribution in [0, 0.1) is 5.92 Å². The third kappa shape index (κ3) is 8.34. The van der Waals surface area contributed by atoms with Gasteiger partial charge < -0.3 is 4.79 Å². The van der Waals surface area contributed by atoms with E-state index in [1.54, 1.807) is 6.92 Å². The Morgan fingerprint density at radius 2 is 1.60 bits per heavy atom. The molecular formula is C13H24O2. The first-order chi connectivity index (χ1) is 7.22. The molecule has 1 unspecified atom stereocenters. The van der Waals surface area contributed by atoms with Gasteiger partial charge in [0.25, 0.3) is 0 Å². The van der Waals surface area contributed by atoms with Gasteiger partial charge in [0.2, 0.25) is 0 Å². The van der Waals surface area contributed by atoms with Crippen LogP contribution in [-0.2, 0) is 9.59 Å². The Morgan fingerprint density at radius 3 is 2.13 bits per heavy atom. The van der Waals surface area contributed by atoms with E-state index in [9.17, 15) is 9.59 Å². The molecule has 0 saturated heterocycles. The lowest BCUT2D eigenvalue weighted by Gasteiger charge is -2.03. The van der Waals surface area contributed by atoms with E-state index in [1.165, 1.54) is 32.1 Å². The molecule has 88 valence electrons. The van der Waals surface area contributed by atoms with Crippen molar-refractivity contribution in [2.45, 2.75) is 65.2 Å². The van der Waals surface area contributed by atoms with Gasteiger partial charge in [-0.1, -0.05) is 45.4 Å². The topological polar surface area (TPSA) is 34.1 Å². The second-order valence-electron chi connectivity index (χ2n) is 4.26. The highest BCUT2D eigenvalue weighted by molar-refractivity contribution is 5.92. The first kappa shape index (κ1) is 14.3. The Labute approximate surface area is 93.4 Å². The van der Waals surface area contributed by atoms with Crippen molar-refractivity contribution in [3.8, 4) is 0 Å². The number of Topliss-reactive ketones (excluding diaryl/α,β-unsaturated/α-hetero) is 1. The Hall–Kier alpha value is -0.660. The van der Waals surface area contributed by atoms with Gasteiger partial charge in [0.1, 0.15) is 12.1 Å². The van der Waals surface area contributed by atoms with Crippen molar-refractivity contribution in [2.75, 3.05) is 0 Å². The second-order valence-corrected chi connectivity index (χ2v) is 4.26. The third-order valence-electron chi connectivity index (χ3n) is 2.74. The van der Waals surface area contributed by atoms with Crippen LogP contribution < -0.4 is 0 Å². The molecule has 0 rings (SSSR count). The van der Waals surface area contributed by atoms with Gasteiger partial charge >= 0.3 is 0 Å². The monoisotopic (exact) mass is 212 g/mol. The number of hydrogen-bond acceptors (Lipinski definition) is 2. The summed E-state index contributed by atoms with van der Waals surface area (Å²) in [7, 11) is 0. The summed E-state index contributed by atoms with van der Waals surface area (Å²) in [5.41, 5.74) is 0. The maximum atomic E-state index is 11.3. The van der Waals surface area contributed by atoms with Crippen LogP contribution >= 0.6 is 0 Å². The molecule has 1 atom stereocenters. The molecule has 0 aliphatic carbocycles.